The predicted octanol–water partition coefficient (Wildman–Crippen LogP) is 18.0. The highest BCUT2D eigenvalue weighted by Crippen LogP contribution is 2.45. The molecule has 0 aromatic heterocycles. The van der Waals surface area contributed by atoms with Crippen LogP contribution in [0.3, 0.4) is 0 Å². The van der Waals surface area contributed by atoms with E-state index in [0.29, 0.717) is 19.3 Å². The average molecular weight is 1240 g/mol. The zero-order valence-electron chi connectivity index (χ0n) is 53.3. The molecule has 0 saturated heterocycles. The number of aliphatic hydroxyl groups excluding tert-OH is 2. The Kier molecular flexibility index (Phi) is 59.1. The van der Waals surface area contributed by atoms with Crippen LogP contribution in [0, 0.1) is 0 Å². The van der Waals surface area contributed by atoms with Gasteiger partial charge in [-0.3, -0.25) is 32.5 Å². The van der Waals surface area contributed by atoms with Crippen LogP contribution in [-0.4, -0.2) is 95.9 Å². The lowest BCUT2D eigenvalue weighted by Gasteiger charge is -2.21. The molecule has 0 aromatic rings. The van der Waals surface area contributed by atoms with Crippen molar-refractivity contribution in [2.75, 3.05) is 39.6 Å². The number of unbranched alkanes of at least 4 members (excludes halogenated alkanes) is 28. The van der Waals surface area contributed by atoms with Crippen LogP contribution in [0.4, 0.5) is 0 Å². The van der Waals surface area contributed by atoms with Gasteiger partial charge in [-0.05, 0) is 89.9 Å². The Morgan fingerprint density at radius 1 is 0.329 bits per heavy atom. The summed E-state index contributed by atoms with van der Waals surface area (Å²) in [7, 11) is -9.77. The first-order valence-electron chi connectivity index (χ1n) is 33.2. The topological polar surface area (TPSA) is 231 Å². The Balaban J connectivity index is 4.61. The molecular weight excluding hydrogens is 1120 g/mol. The van der Waals surface area contributed by atoms with Crippen LogP contribution < -0.4 is 0 Å². The molecule has 0 amide bonds. The molecule has 0 fully saturated rings. The number of carbonyl (C=O) groups is 3. The van der Waals surface area contributed by atoms with Crippen LogP contribution >= 0.6 is 15.6 Å². The number of hydrogen-bond acceptors (Lipinski definition) is 14. The highest BCUT2D eigenvalue weighted by Gasteiger charge is 2.29. The van der Waals surface area contributed by atoms with Crippen molar-refractivity contribution < 1.29 is 75.8 Å². The van der Waals surface area contributed by atoms with Gasteiger partial charge in [0.15, 0.2) is 6.10 Å². The molecule has 0 aliphatic rings. The molecule has 0 saturated carbocycles. The van der Waals surface area contributed by atoms with E-state index in [1.807, 2.05) is 0 Å². The van der Waals surface area contributed by atoms with Gasteiger partial charge in [0.2, 0.25) is 0 Å². The normalized spacial score (nSPS) is 14.8. The molecule has 0 rings (SSSR count). The summed E-state index contributed by atoms with van der Waals surface area (Å²) in [5, 5.41) is 20.5. The van der Waals surface area contributed by atoms with E-state index in [-0.39, 0.29) is 19.3 Å². The van der Waals surface area contributed by atoms with Crippen molar-refractivity contribution in [1.29, 1.82) is 0 Å². The number of esters is 3. The van der Waals surface area contributed by atoms with Crippen molar-refractivity contribution in [2.24, 2.45) is 0 Å². The van der Waals surface area contributed by atoms with Crippen molar-refractivity contribution >= 4 is 33.6 Å². The lowest BCUT2D eigenvalue weighted by molar-refractivity contribution is -0.161. The number of allylic oxidation sites excluding steroid dienone is 12. The van der Waals surface area contributed by atoms with E-state index in [4.69, 9.17) is 32.3 Å². The van der Waals surface area contributed by atoms with E-state index < -0.39 is 91.5 Å². The molecule has 0 heterocycles. The molecule has 0 bridgehead atoms. The lowest BCUT2D eigenvalue weighted by Crippen LogP contribution is -2.30. The van der Waals surface area contributed by atoms with E-state index in [0.717, 1.165) is 122 Å². The number of hydrogen-bond donors (Lipinski definition) is 4. The molecule has 494 valence electrons. The van der Waals surface area contributed by atoms with Crippen LogP contribution in [0.2, 0.25) is 0 Å². The largest absolute Gasteiger partial charge is 0.472 e. The number of aliphatic hydroxyl groups is 2. The number of rotatable bonds is 63. The maximum Gasteiger partial charge on any atom is 0.472 e. The zero-order valence-corrected chi connectivity index (χ0v) is 55.1. The predicted molar refractivity (Wildman–Crippen MR) is 344 cm³/mol. The smallest absolute Gasteiger partial charge is 0.463 e. The van der Waals surface area contributed by atoms with Gasteiger partial charge in [0.1, 0.15) is 25.4 Å². The molecule has 18 heteroatoms. The SMILES string of the molecule is CCC/C=C\C/C=C\CCCCCCCC(=O)OC(COC(=O)CCCCCCCCCCCCCCCCC)COP(=O)(O)OCC(O)COP(=O)(O)OCC(O)COC(=O)CCCCCCC/C=C\C/C=C\C/C=C\C/C=C\CCCCC. The molecule has 0 spiro atoms. The summed E-state index contributed by atoms with van der Waals surface area (Å²) in [6.07, 6.45) is 62.4. The Labute approximate surface area is 515 Å². The fraction of sp³-hybridized carbons (Fsp3) is 0.776. The van der Waals surface area contributed by atoms with E-state index in [9.17, 15) is 43.5 Å². The first kappa shape index (κ1) is 82.0. The molecule has 0 radical (unpaired) electrons. The minimum Gasteiger partial charge on any atom is -0.463 e. The maximum atomic E-state index is 12.9. The Hall–Kier alpha value is -3.01. The van der Waals surface area contributed by atoms with Gasteiger partial charge < -0.3 is 34.2 Å². The summed E-state index contributed by atoms with van der Waals surface area (Å²) in [6.45, 7) is 2.55. The monoisotopic (exact) mass is 1240 g/mol. The second-order valence-electron chi connectivity index (χ2n) is 22.3. The second-order valence-corrected chi connectivity index (χ2v) is 25.2. The van der Waals surface area contributed by atoms with Gasteiger partial charge in [-0.15, -0.1) is 0 Å². The molecule has 0 aromatic carbocycles. The molecule has 5 atom stereocenters. The van der Waals surface area contributed by atoms with E-state index in [1.165, 1.54) is 96.3 Å². The summed E-state index contributed by atoms with van der Waals surface area (Å²) in [4.78, 5) is 58.2. The summed E-state index contributed by atoms with van der Waals surface area (Å²) in [6, 6.07) is 0. The standard InChI is InChI=1S/C67H120O16P2/c1-4-7-10-13-16-19-22-25-27-28-29-30-31-32-34-37-38-41-44-47-50-53-65(70)77-56-62(68)57-79-84(73,74)80-58-63(69)59-81-85(75,76)82-61-64(83-67(72)55-52-49-46-43-40-35-24-21-18-15-12-9-6-3)60-78-66(71)54-51-48-45-42-39-36-33-26-23-20-17-14-11-8-5-2/h12,15-16,19,21,24-25,27,29-30,32,34,62-64,68-69H,4-11,13-14,17-18,20,22-23,26,28,31,33,35-61H2,1-3H3,(H,73,74)(H,75,76)/b15-12-,19-16-,24-21-,27-25-,30-29-,34-32-. The zero-order chi connectivity index (χ0) is 62.4. The summed E-state index contributed by atoms with van der Waals surface area (Å²) >= 11 is 0. The van der Waals surface area contributed by atoms with Crippen molar-refractivity contribution in [3.05, 3.63) is 72.9 Å². The third-order valence-electron chi connectivity index (χ3n) is 13.9. The number of ether oxygens (including phenoxy) is 3. The second kappa shape index (κ2) is 61.2. The molecule has 16 nitrogen and oxygen atoms in total. The fourth-order valence-electron chi connectivity index (χ4n) is 8.77. The van der Waals surface area contributed by atoms with Crippen LogP contribution in [0.25, 0.3) is 0 Å². The molecular formula is C67H120O16P2. The van der Waals surface area contributed by atoms with Gasteiger partial charge in [-0.25, -0.2) is 9.13 Å². The molecule has 0 aliphatic heterocycles. The van der Waals surface area contributed by atoms with Gasteiger partial charge in [-0.2, -0.15) is 0 Å². The highest BCUT2D eigenvalue weighted by molar-refractivity contribution is 7.47. The van der Waals surface area contributed by atoms with Crippen LogP contribution in [0.1, 0.15) is 278 Å². The number of phosphoric ester groups is 2. The Morgan fingerprint density at radius 3 is 1.00 bits per heavy atom. The lowest BCUT2D eigenvalue weighted by atomic mass is 10.0. The van der Waals surface area contributed by atoms with E-state index in [1.54, 1.807) is 0 Å². The highest BCUT2D eigenvalue weighted by atomic mass is 31.2. The van der Waals surface area contributed by atoms with Crippen molar-refractivity contribution in [3.8, 4) is 0 Å². The van der Waals surface area contributed by atoms with Gasteiger partial charge in [0.05, 0.1) is 26.4 Å². The molecule has 85 heavy (non-hydrogen) atoms. The van der Waals surface area contributed by atoms with Gasteiger partial charge in [-0.1, -0.05) is 241 Å². The van der Waals surface area contributed by atoms with E-state index >= 15 is 0 Å². The van der Waals surface area contributed by atoms with E-state index in [2.05, 4.69) is 93.7 Å². The minimum atomic E-state index is -4.92. The summed E-state index contributed by atoms with van der Waals surface area (Å²) in [5.41, 5.74) is 0. The molecule has 4 N–H and O–H groups in total. The molecule has 5 unspecified atom stereocenters. The summed E-state index contributed by atoms with van der Waals surface area (Å²) in [5.74, 6) is -1.60. The van der Waals surface area contributed by atoms with Crippen LogP contribution in [0.5, 0.6) is 0 Å². The van der Waals surface area contributed by atoms with Gasteiger partial charge in [0, 0.05) is 19.3 Å². The molecule has 0 aliphatic carbocycles. The third-order valence-corrected chi connectivity index (χ3v) is 15.8. The fourth-order valence-corrected chi connectivity index (χ4v) is 10.4. The average Bonchev–Trinajstić information content (AvgIpc) is 3.55. The maximum absolute atomic E-state index is 12.9. The number of carbonyl (C=O) groups excluding carboxylic acids is 3. The van der Waals surface area contributed by atoms with Gasteiger partial charge >= 0.3 is 33.6 Å². The van der Waals surface area contributed by atoms with Crippen molar-refractivity contribution in [2.45, 2.75) is 296 Å². The quantitative estimate of drug-likeness (QED) is 0.0146. The van der Waals surface area contributed by atoms with Crippen molar-refractivity contribution in [3.63, 3.8) is 0 Å². The van der Waals surface area contributed by atoms with Crippen molar-refractivity contribution in [1.82, 2.24) is 0 Å². The van der Waals surface area contributed by atoms with Crippen LogP contribution in [-0.2, 0) is 55.8 Å². The number of phosphoric acid groups is 2. The first-order chi connectivity index (χ1) is 41.2. The first-order valence-corrected chi connectivity index (χ1v) is 36.2. The Morgan fingerprint density at radius 2 is 0.612 bits per heavy atom. The minimum absolute atomic E-state index is 0.0908. The third kappa shape index (κ3) is 62.4. The van der Waals surface area contributed by atoms with Gasteiger partial charge in [0.25, 0.3) is 0 Å². The Bertz CT molecular complexity index is 1850. The van der Waals surface area contributed by atoms with Crippen LogP contribution in [0.15, 0.2) is 72.9 Å². The summed E-state index contributed by atoms with van der Waals surface area (Å²) < 4.78 is 60.8.